The van der Waals surface area contributed by atoms with E-state index in [0.29, 0.717) is 37.5 Å². The van der Waals surface area contributed by atoms with Crippen LogP contribution in [-0.2, 0) is 17.9 Å². The minimum Gasteiger partial charge on any atom is -0.333 e. The predicted molar refractivity (Wildman–Crippen MR) is 156 cm³/mol. The van der Waals surface area contributed by atoms with Gasteiger partial charge in [0.1, 0.15) is 6.07 Å². The summed E-state index contributed by atoms with van der Waals surface area (Å²) in [6.07, 6.45) is -1.17. The molecule has 216 valence electrons. The zero-order chi connectivity index (χ0) is 29.7. The van der Waals surface area contributed by atoms with Crippen LogP contribution in [0.25, 0.3) is 11.0 Å². The summed E-state index contributed by atoms with van der Waals surface area (Å²) in [6, 6.07) is 10.3. The fourth-order valence-corrected chi connectivity index (χ4v) is 5.61. The number of thiophene rings is 1. The molecule has 2 amide bonds. The van der Waals surface area contributed by atoms with Crippen molar-refractivity contribution in [2.45, 2.75) is 66.1 Å². The van der Waals surface area contributed by atoms with Crippen LogP contribution in [0.15, 0.2) is 47.2 Å². The van der Waals surface area contributed by atoms with Crippen molar-refractivity contribution < 1.29 is 18.4 Å². The van der Waals surface area contributed by atoms with Crippen LogP contribution in [0.5, 0.6) is 0 Å². The highest BCUT2D eigenvalue weighted by atomic mass is 32.1. The zero-order valence-electron chi connectivity index (χ0n) is 23.6. The van der Waals surface area contributed by atoms with Crippen molar-refractivity contribution >= 4 is 40.1 Å². The van der Waals surface area contributed by atoms with E-state index in [1.807, 2.05) is 28.8 Å². The van der Waals surface area contributed by atoms with E-state index in [2.05, 4.69) is 30.2 Å². The number of nitrogens with one attached hydrogen (secondary N) is 2. The molecule has 0 unspecified atom stereocenters. The molecule has 8 nitrogen and oxygen atoms in total. The number of hydrogen-bond donors (Lipinski definition) is 2. The number of amides is 2. The van der Waals surface area contributed by atoms with Gasteiger partial charge in [-0.2, -0.15) is 5.26 Å². The molecule has 1 saturated heterocycles. The monoisotopic (exact) mass is 580 g/mol. The highest BCUT2D eigenvalue weighted by Crippen LogP contribution is 2.30. The second kappa shape index (κ2) is 13.2. The number of imidazole rings is 1. The van der Waals surface area contributed by atoms with Gasteiger partial charge in [-0.05, 0) is 74.6 Å². The van der Waals surface area contributed by atoms with Crippen molar-refractivity contribution in [1.82, 2.24) is 19.8 Å². The summed E-state index contributed by atoms with van der Waals surface area (Å²) >= 11 is 0.740. The Morgan fingerprint density at radius 1 is 1.22 bits per heavy atom. The standard InChI is InChI=1S/C30H34F2N6O2S/c1-18(2)12-21(14-33)29(40)37-11-5-6-22(37)17-38-24-8-7-20(16-34-15-19(3)4)13-23(24)35-30(38)36-28(39)26-10-9-25(41-26)27(31)32/h7-10,13,19,22,27,34H,5-6,11,15-17H2,1-4H3,(H,35,36,39)/t22-/m1/s1. The van der Waals surface area contributed by atoms with E-state index in [1.165, 1.54) is 12.1 Å². The molecular weight excluding hydrogens is 546 g/mol. The summed E-state index contributed by atoms with van der Waals surface area (Å²) in [6.45, 7) is 10.2. The van der Waals surface area contributed by atoms with Gasteiger partial charge in [-0.1, -0.05) is 25.6 Å². The Balaban J connectivity index is 1.67. The van der Waals surface area contributed by atoms with Crippen LogP contribution in [0.3, 0.4) is 0 Å². The summed E-state index contributed by atoms with van der Waals surface area (Å²) in [5.74, 6) is -0.130. The molecule has 1 aromatic carbocycles. The van der Waals surface area contributed by atoms with Crippen molar-refractivity contribution in [2.24, 2.45) is 5.92 Å². The summed E-state index contributed by atoms with van der Waals surface area (Å²) < 4.78 is 28.1. The first-order valence-electron chi connectivity index (χ1n) is 13.6. The number of nitrogens with zero attached hydrogens (tertiary/aromatic N) is 4. The Bertz CT molecular complexity index is 1540. The number of likely N-dealkylation sites (tertiary alicyclic amines) is 1. The molecule has 0 spiro atoms. The van der Waals surface area contributed by atoms with Crippen LogP contribution in [0, 0.1) is 17.2 Å². The number of carbonyl (C=O) groups is 2. The second-order valence-corrected chi connectivity index (χ2v) is 11.9. The molecule has 0 radical (unpaired) electrons. The number of hydrogen-bond acceptors (Lipinski definition) is 6. The topological polar surface area (TPSA) is 103 Å². The average molecular weight is 581 g/mol. The molecule has 11 heteroatoms. The van der Waals surface area contributed by atoms with E-state index in [-0.39, 0.29) is 33.2 Å². The molecule has 0 saturated carbocycles. The lowest BCUT2D eigenvalue weighted by Crippen LogP contribution is -2.38. The Hall–Kier alpha value is -3.84. The molecule has 4 rings (SSSR count). The predicted octanol–water partition coefficient (Wildman–Crippen LogP) is 6.04. The first-order valence-corrected chi connectivity index (χ1v) is 14.4. The Morgan fingerprint density at radius 3 is 2.66 bits per heavy atom. The maximum atomic E-state index is 13.2. The van der Waals surface area contributed by atoms with Crippen molar-refractivity contribution in [1.29, 1.82) is 5.26 Å². The summed E-state index contributed by atoms with van der Waals surface area (Å²) in [5, 5.41) is 15.8. The van der Waals surface area contributed by atoms with Crippen molar-refractivity contribution in [3.8, 4) is 6.07 Å². The summed E-state index contributed by atoms with van der Waals surface area (Å²) in [7, 11) is 0. The molecular formula is C30H34F2N6O2S. The van der Waals surface area contributed by atoms with Crippen LogP contribution >= 0.6 is 11.3 Å². The molecule has 0 aliphatic carbocycles. The second-order valence-electron chi connectivity index (χ2n) is 10.8. The van der Waals surface area contributed by atoms with E-state index in [4.69, 9.17) is 4.98 Å². The van der Waals surface area contributed by atoms with E-state index >= 15 is 0 Å². The number of halogens is 2. The fraction of sp³-hybridized carbons (Fsp3) is 0.433. The molecule has 3 heterocycles. The number of alkyl halides is 2. The molecule has 2 aromatic heterocycles. The third-order valence-corrected chi connectivity index (χ3v) is 7.81. The SMILES string of the molecule is CC(C)=C=C(C#N)C(=O)N1CCC[C@@H]1Cn1c(NC(=O)c2ccc(C(F)F)s2)nc2cc(CNCC(C)C)ccc21. The van der Waals surface area contributed by atoms with Crippen molar-refractivity contribution in [3.05, 3.63) is 62.5 Å². The molecule has 1 fully saturated rings. The van der Waals surface area contributed by atoms with Gasteiger partial charge in [-0.3, -0.25) is 14.9 Å². The Labute approximate surface area is 242 Å². The largest absolute Gasteiger partial charge is 0.333 e. The first kappa shape index (κ1) is 30.1. The van der Waals surface area contributed by atoms with Gasteiger partial charge in [-0.25, -0.2) is 13.8 Å². The average Bonchev–Trinajstić information content (AvgIpc) is 3.66. The lowest BCUT2D eigenvalue weighted by atomic mass is 10.1. The van der Waals surface area contributed by atoms with Gasteiger partial charge in [0.2, 0.25) is 5.95 Å². The van der Waals surface area contributed by atoms with E-state index in [0.717, 1.165) is 41.0 Å². The molecule has 41 heavy (non-hydrogen) atoms. The van der Waals surface area contributed by atoms with Crippen LogP contribution in [0.1, 0.15) is 67.1 Å². The molecule has 2 N–H and O–H groups in total. The first-order chi connectivity index (χ1) is 19.6. The summed E-state index contributed by atoms with van der Waals surface area (Å²) in [4.78, 5) is 32.7. The number of benzene rings is 1. The van der Waals surface area contributed by atoms with Gasteiger partial charge in [0, 0.05) is 19.6 Å². The van der Waals surface area contributed by atoms with Gasteiger partial charge in [0.05, 0.1) is 26.8 Å². The lowest BCUT2D eigenvalue weighted by Gasteiger charge is -2.25. The minimum atomic E-state index is -2.65. The van der Waals surface area contributed by atoms with Crippen LogP contribution in [0.2, 0.25) is 0 Å². The third-order valence-electron chi connectivity index (χ3n) is 6.72. The number of anilines is 1. The highest BCUT2D eigenvalue weighted by Gasteiger charge is 2.32. The number of nitriles is 1. The molecule has 1 aliphatic rings. The van der Waals surface area contributed by atoms with Crippen LogP contribution in [-0.4, -0.2) is 45.4 Å². The maximum absolute atomic E-state index is 13.2. The van der Waals surface area contributed by atoms with E-state index in [1.54, 1.807) is 18.7 Å². The number of rotatable bonds is 10. The van der Waals surface area contributed by atoms with E-state index in [9.17, 15) is 23.6 Å². The van der Waals surface area contributed by atoms with Crippen molar-refractivity contribution in [2.75, 3.05) is 18.4 Å². The third kappa shape index (κ3) is 7.27. The maximum Gasteiger partial charge on any atom is 0.272 e. The normalized spacial score (nSPS) is 14.9. The van der Waals surface area contributed by atoms with Gasteiger partial charge in [-0.15, -0.1) is 11.3 Å². The molecule has 3 aromatic rings. The smallest absolute Gasteiger partial charge is 0.272 e. The fourth-order valence-electron chi connectivity index (χ4n) is 4.85. The Kier molecular flexibility index (Phi) is 9.71. The van der Waals surface area contributed by atoms with Crippen LogP contribution < -0.4 is 10.6 Å². The summed E-state index contributed by atoms with van der Waals surface area (Å²) in [5.41, 5.74) is 6.03. The molecule has 1 aliphatic heterocycles. The Morgan fingerprint density at radius 2 is 2.00 bits per heavy atom. The van der Waals surface area contributed by atoms with E-state index < -0.39 is 12.3 Å². The number of carbonyl (C=O) groups excluding carboxylic acids is 2. The number of fused-ring (bicyclic) bond motifs is 1. The van der Waals surface area contributed by atoms with Gasteiger partial charge in [0.25, 0.3) is 18.2 Å². The highest BCUT2D eigenvalue weighted by molar-refractivity contribution is 7.14. The lowest BCUT2D eigenvalue weighted by molar-refractivity contribution is -0.127. The quantitative estimate of drug-likeness (QED) is 0.173. The number of aromatic nitrogens is 2. The van der Waals surface area contributed by atoms with Crippen LogP contribution in [0.4, 0.5) is 14.7 Å². The van der Waals surface area contributed by atoms with Gasteiger partial charge >= 0.3 is 0 Å². The molecule has 0 bridgehead atoms. The molecule has 1 atom stereocenters. The minimum absolute atomic E-state index is 0.0352. The van der Waals surface area contributed by atoms with Gasteiger partial charge in [0.15, 0.2) is 5.57 Å². The van der Waals surface area contributed by atoms with Gasteiger partial charge < -0.3 is 14.8 Å². The zero-order valence-corrected chi connectivity index (χ0v) is 24.4. The van der Waals surface area contributed by atoms with Crippen molar-refractivity contribution in [3.63, 3.8) is 0 Å².